The minimum Gasteiger partial charge on any atom is -0.468 e. The van der Waals surface area contributed by atoms with E-state index in [2.05, 4.69) is 42.3 Å². The monoisotopic (exact) mass is 507 g/mol. The molecule has 0 saturated carbocycles. The van der Waals surface area contributed by atoms with E-state index in [1.165, 1.54) is 7.11 Å². The molecule has 1 atom stereocenters. The van der Waals surface area contributed by atoms with Crippen LogP contribution in [0, 0.1) is 5.41 Å². The molecular weight excluding hydrogens is 490 g/mol. The number of rotatable bonds is 5. The van der Waals surface area contributed by atoms with Crippen LogP contribution in [0.4, 0.5) is 5.69 Å². The third kappa shape index (κ3) is 4.44. The summed E-state index contributed by atoms with van der Waals surface area (Å²) in [6.07, 6.45) is 0. The molecule has 0 aromatic heterocycles. The number of hydrazone groups is 1. The molecule has 28 heavy (non-hydrogen) atoms. The zero-order valence-electron chi connectivity index (χ0n) is 15.4. The van der Waals surface area contributed by atoms with Crippen molar-refractivity contribution in [3.05, 3.63) is 63.0 Å². The van der Waals surface area contributed by atoms with Gasteiger partial charge < -0.3 is 10.1 Å². The summed E-state index contributed by atoms with van der Waals surface area (Å²) in [5, 5.41) is 9.01. The molecular formula is C20H19Br2N3O3. The highest BCUT2D eigenvalue weighted by Gasteiger charge is 2.47. The van der Waals surface area contributed by atoms with Crippen molar-refractivity contribution in [2.45, 2.75) is 6.92 Å². The molecule has 1 aliphatic rings. The number of nitrogens with zero attached hydrogens (tertiary/aromatic N) is 2. The van der Waals surface area contributed by atoms with Gasteiger partial charge in [-0.05, 0) is 48.9 Å². The second-order valence-electron chi connectivity index (χ2n) is 6.66. The van der Waals surface area contributed by atoms with E-state index in [0.717, 1.165) is 14.5 Å². The SMILES string of the molecule is COC(=O)C1(C)CN(CC(=O)Nc2ccc(Br)cc2)N=C1c1ccc(Br)cc1. The van der Waals surface area contributed by atoms with Crippen LogP contribution < -0.4 is 5.32 Å². The highest BCUT2D eigenvalue weighted by Crippen LogP contribution is 2.33. The van der Waals surface area contributed by atoms with Gasteiger partial charge >= 0.3 is 5.97 Å². The predicted octanol–water partition coefficient (Wildman–Crippen LogP) is 4.05. The van der Waals surface area contributed by atoms with Gasteiger partial charge in [-0.1, -0.05) is 44.0 Å². The summed E-state index contributed by atoms with van der Waals surface area (Å²) in [6, 6.07) is 14.9. The van der Waals surface area contributed by atoms with E-state index in [1.54, 1.807) is 24.1 Å². The number of ether oxygens (including phenoxy) is 1. The molecule has 8 heteroatoms. The Morgan fingerprint density at radius 1 is 1.11 bits per heavy atom. The summed E-state index contributed by atoms with van der Waals surface area (Å²) < 4.78 is 6.88. The number of nitrogens with one attached hydrogen (secondary N) is 1. The van der Waals surface area contributed by atoms with Crippen LogP contribution in [-0.4, -0.2) is 42.8 Å². The number of hydrogen-bond donors (Lipinski definition) is 1. The average Bonchev–Trinajstić information content (AvgIpc) is 3.00. The first kappa shape index (κ1) is 20.5. The van der Waals surface area contributed by atoms with Gasteiger partial charge in [0.05, 0.1) is 19.4 Å². The van der Waals surface area contributed by atoms with E-state index in [1.807, 2.05) is 36.4 Å². The molecule has 0 aliphatic carbocycles. The first-order valence-electron chi connectivity index (χ1n) is 8.55. The van der Waals surface area contributed by atoms with Crippen LogP contribution in [0.5, 0.6) is 0 Å². The van der Waals surface area contributed by atoms with Crippen molar-refractivity contribution >= 4 is 55.1 Å². The Morgan fingerprint density at radius 2 is 1.68 bits per heavy atom. The quantitative estimate of drug-likeness (QED) is 0.618. The predicted molar refractivity (Wildman–Crippen MR) is 115 cm³/mol. The summed E-state index contributed by atoms with van der Waals surface area (Å²) in [5.74, 6) is -0.597. The molecule has 0 bridgehead atoms. The van der Waals surface area contributed by atoms with Crippen LogP contribution in [0.1, 0.15) is 12.5 Å². The molecule has 2 aromatic carbocycles. The lowest BCUT2D eigenvalue weighted by Gasteiger charge is -2.23. The fraction of sp³-hybridized carbons (Fsp3) is 0.250. The highest BCUT2D eigenvalue weighted by molar-refractivity contribution is 9.10. The average molecular weight is 509 g/mol. The van der Waals surface area contributed by atoms with E-state index in [9.17, 15) is 9.59 Å². The third-order valence-corrected chi connectivity index (χ3v) is 5.53. The molecule has 3 rings (SSSR count). The number of hydrogen-bond acceptors (Lipinski definition) is 5. The number of carbonyl (C=O) groups excluding carboxylic acids is 2. The van der Waals surface area contributed by atoms with E-state index < -0.39 is 5.41 Å². The number of benzene rings is 2. The van der Waals surface area contributed by atoms with Crippen LogP contribution in [0.3, 0.4) is 0 Å². The van der Waals surface area contributed by atoms with E-state index in [4.69, 9.17) is 4.74 Å². The zero-order valence-corrected chi connectivity index (χ0v) is 18.6. The van der Waals surface area contributed by atoms with Gasteiger partial charge in [-0.2, -0.15) is 5.10 Å². The Hall–Kier alpha value is -2.19. The molecule has 1 aliphatic heterocycles. The third-order valence-electron chi connectivity index (χ3n) is 4.47. The van der Waals surface area contributed by atoms with Crippen LogP contribution >= 0.6 is 31.9 Å². The van der Waals surface area contributed by atoms with Gasteiger partial charge in [-0.15, -0.1) is 0 Å². The van der Waals surface area contributed by atoms with Gasteiger partial charge in [0, 0.05) is 14.6 Å². The van der Waals surface area contributed by atoms with Crippen molar-refractivity contribution in [3.8, 4) is 0 Å². The first-order valence-corrected chi connectivity index (χ1v) is 10.1. The number of anilines is 1. The van der Waals surface area contributed by atoms with Crippen LogP contribution in [0.15, 0.2) is 62.6 Å². The fourth-order valence-electron chi connectivity index (χ4n) is 3.09. The molecule has 2 aromatic rings. The van der Waals surface area contributed by atoms with Crippen LogP contribution in [0.2, 0.25) is 0 Å². The van der Waals surface area contributed by atoms with E-state index in [-0.39, 0.29) is 25.0 Å². The molecule has 1 amide bonds. The van der Waals surface area contributed by atoms with Crippen molar-refractivity contribution in [1.29, 1.82) is 0 Å². The first-order chi connectivity index (χ1) is 13.3. The van der Waals surface area contributed by atoms with Crippen molar-refractivity contribution in [2.75, 3.05) is 25.5 Å². The second-order valence-corrected chi connectivity index (χ2v) is 8.49. The highest BCUT2D eigenvalue weighted by atomic mass is 79.9. The Kier molecular flexibility index (Phi) is 6.20. The van der Waals surface area contributed by atoms with E-state index >= 15 is 0 Å². The summed E-state index contributed by atoms with van der Waals surface area (Å²) in [6.45, 7) is 2.08. The number of amides is 1. The number of halogens is 2. The van der Waals surface area contributed by atoms with Crippen molar-refractivity contribution in [1.82, 2.24) is 5.01 Å². The van der Waals surface area contributed by atoms with Crippen molar-refractivity contribution in [2.24, 2.45) is 10.5 Å². The Labute approximate surface area is 180 Å². The second kappa shape index (κ2) is 8.45. The Bertz CT molecular complexity index is 913. The number of methoxy groups -OCH3 is 1. The number of carbonyl (C=O) groups is 2. The number of esters is 1. The molecule has 146 valence electrons. The molecule has 6 nitrogen and oxygen atoms in total. The zero-order chi connectivity index (χ0) is 20.3. The summed E-state index contributed by atoms with van der Waals surface area (Å²) in [5.41, 5.74) is 1.14. The molecule has 1 unspecified atom stereocenters. The largest absolute Gasteiger partial charge is 0.468 e. The van der Waals surface area contributed by atoms with Crippen molar-refractivity contribution in [3.63, 3.8) is 0 Å². The summed E-state index contributed by atoms with van der Waals surface area (Å²) in [4.78, 5) is 24.9. The minimum absolute atomic E-state index is 0.0304. The molecule has 0 radical (unpaired) electrons. The van der Waals surface area contributed by atoms with Crippen LogP contribution in [0.25, 0.3) is 0 Å². The molecule has 0 fully saturated rings. The van der Waals surface area contributed by atoms with Gasteiger partial charge in [-0.25, -0.2) is 0 Å². The Balaban J connectivity index is 1.79. The normalized spacial score (nSPS) is 18.6. The Morgan fingerprint density at radius 3 is 2.25 bits per heavy atom. The molecule has 1 heterocycles. The van der Waals surface area contributed by atoms with Gasteiger partial charge in [0.1, 0.15) is 12.0 Å². The topological polar surface area (TPSA) is 71.0 Å². The lowest BCUT2D eigenvalue weighted by Crippen LogP contribution is -2.41. The van der Waals surface area contributed by atoms with Crippen LogP contribution in [-0.2, 0) is 14.3 Å². The van der Waals surface area contributed by atoms with Crippen molar-refractivity contribution < 1.29 is 14.3 Å². The van der Waals surface area contributed by atoms with Gasteiger partial charge in [0.2, 0.25) is 5.91 Å². The molecule has 0 spiro atoms. The van der Waals surface area contributed by atoms with Gasteiger partial charge in [0.25, 0.3) is 0 Å². The maximum atomic E-state index is 12.5. The lowest BCUT2D eigenvalue weighted by atomic mass is 9.82. The van der Waals surface area contributed by atoms with E-state index in [0.29, 0.717) is 11.4 Å². The summed E-state index contributed by atoms with van der Waals surface area (Å²) in [7, 11) is 1.36. The molecule has 0 saturated heterocycles. The van der Waals surface area contributed by atoms with Gasteiger partial charge in [0.15, 0.2) is 0 Å². The fourth-order valence-corrected chi connectivity index (χ4v) is 3.62. The molecule has 1 N–H and O–H groups in total. The van der Waals surface area contributed by atoms with Gasteiger partial charge in [-0.3, -0.25) is 14.6 Å². The minimum atomic E-state index is -0.958. The standard InChI is InChI=1S/C20H19Br2N3O3/c1-20(19(27)28-2)12-25(24-18(20)13-3-5-14(21)6-4-13)11-17(26)23-16-9-7-15(22)8-10-16/h3-10H,11-12H2,1-2H3,(H,23,26). The maximum Gasteiger partial charge on any atom is 0.319 e. The smallest absolute Gasteiger partial charge is 0.319 e. The maximum absolute atomic E-state index is 12.5. The lowest BCUT2D eigenvalue weighted by molar-refractivity contribution is -0.148. The summed E-state index contributed by atoms with van der Waals surface area (Å²) >= 11 is 6.77.